The quantitative estimate of drug-likeness (QED) is 0.210. The number of carbonyl (C=O) groups excluding carboxylic acids is 1. The van der Waals surface area contributed by atoms with E-state index in [4.69, 9.17) is 16.6 Å². The van der Waals surface area contributed by atoms with E-state index in [1.165, 1.54) is 11.3 Å². The van der Waals surface area contributed by atoms with Crippen LogP contribution in [0.5, 0.6) is 0 Å². The Morgan fingerprint density at radius 2 is 1.72 bits per heavy atom. The summed E-state index contributed by atoms with van der Waals surface area (Å²) in [5, 5.41) is 5.25. The Morgan fingerprint density at radius 1 is 1.02 bits per heavy atom. The Labute approximate surface area is 278 Å². The van der Waals surface area contributed by atoms with Crippen LogP contribution in [0.3, 0.4) is 0 Å². The van der Waals surface area contributed by atoms with Gasteiger partial charge in [-0.15, -0.1) is 37.2 Å². The molecule has 5 rings (SSSR count). The minimum Gasteiger partial charge on any atom is -0.367 e. The van der Waals surface area contributed by atoms with Gasteiger partial charge in [-0.25, -0.2) is 4.98 Å². The molecule has 1 saturated heterocycles. The number of rotatable bonds is 9. The number of carbonyl (C=O) groups is 1. The molecule has 2 N–H and O–H groups in total. The number of hydrogen-bond acceptors (Lipinski definition) is 5. The first-order chi connectivity index (χ1) is 19.3. The monoisotopic (exact) mass is 666 g/mol. The van der Waals surface area contributed by atoms with Crippen molar-refractivity contribution in [2.45, 2.75) is 32.4 Å². The lowest BCUT2D eigenvalue weighted by Crippen LogP contribution is -2.51. The van der Waals surface area contributed by atoms with Crippen LogP contribution in [0, 0.1) is 0 Å². The number of H-pyrrole nitrogens is 1. The van der Waals surface area contributed by atoms with Crippen molar-refractivity contribution in [3.63, 3.8) is 0 Å². The van der Waals surface area contributed by atoms with Crippen LogP contribution in [0.25, 0.3) is 22.2 Å². The van der Waals surface area contributed by atoms with Crippen molar-refractivity contribution in [1.29, 1.82) is 0 Å². The standard InChI is InChI=1S/C32H39ClN6O.3ClH/c1-22(2)35-20-29(24-8-10-26(33)11-9-24)32(40)39-16-14-38(15-17-39)30-27-12-13-34-31(27)36-19-28(30)25-7-5-6-23(18-25)21-37(3)4;;;/h5-13,18-19,22,29,35H,14-17,20-21H2,1-4H3,(H,34,36);3*1H. The maximum absolute atomic E-state index is 13.8. The molecule has 1 aliphatic rings. The zero-order valence-corrected chi connectivity index (χ0v) is 28.3. The molecule has 3 heterocycles. The number of piperazine rings is 1. The number of anilines is 1. The van der Waals surface area contributed by atoms with Gasteiger partial charge >= 0.3 is 0 Å². The van der Waals surface area contributed by atoms with E-state index in [1.54, 1.807) is 0 Å². The second-order valence-corrected chi connectivity index (χ2v) is 11.6. The van der Waals surface area contributed by atoms with Crippen LogP contribution < -0.4 is 10.2 Å². The smallest absolute Gasteiger partial charge is 0.231 e. The first-order valence-electron chi connectivity index (χ1n) is 14.0. The molecule has 0 aliphatic carbocycles. The molecule has 2 aromatic heterocycles. The number of halogens is 4. The van der Waals surface area contributed by atoms with Gasteiger partial charge in [0.25, 0.3) is 0 Å². The number of nitrogens with zero attached hydrogens (tertiary/aromatic N) is 4. The molecule has 1 unspecified atom stereocenters. The first-order valence-corrected chi connectivity index (χ1v) is 14.4. The van der Waals surface area contributed by atoms with Crippen LogP contribution in [-0.4, -0.2) is 78.5 Å². The molecule has 11 heteroatoms. The molecule has 0 bridgehead atoms. The molecule has 43 heavy (non-hydrogen) atoms. The van der Waals surface area contributed by atoms with Crippen molar-refractivity contribution in [1.82, 2.24) is 25.1 Å². The van der Waals surface area contributed by atoms with Crippen LogP contribution in [0.1, 0.15) is 30.9 Å². The molecule has 7 nitrogen and oxygen atoms in total. The van der Waals surface area contributed by atoms with Gasteiger partial charge in [-0.3, -0.25) is 4.79 Å². The zero-order valence-electron chi connectivity index (χ0n) is 25.0. The number of aromatic nitrogens is 2. The molecule has 234 valence electrons. The number of fused-ring (bicyclic) bond motifs is 1. The molecule has 4 aromatic rings. The molecular formula is C32H42Cl4N6O. The second kappa shape index (κ2) is 16.5. The molecule has 1 amide bonds. The summed E-state index contributed by atoms with van der Waals surface area (Å²) in [6.07, 6.45) is 3.93. The SMILES string of the molecule is CC(C)NCC(C(=O)N1CCN(c2c(-c3cccc(CN(C)C)c3)cnc3[nH]ccc23)CC1)c1ccc(Cl)cc1.Cl.Cl.Cl. The molecule has 2 aromatic carbocycles. The lowest BCUT2D eigenvalue weighted by molar-refractivity contribution is -0.133. The van der Waals surface area contributed by atoms with Crippen LogP contribution in [-0.2, 0) is 11.3 Å². The highest BCUT2D eigenvalue weighted by Crippen LogP contribution is 2.37. The number of amides is 1. The van der Waals surface area contributed by atoms with Crippen LogP contribution in [0.4, 0.5) is 5.69 Å². The van der Waals surface area contributed by atoms with Gasteiger partial charge in [-0.05, 0) is 55.1 Å². The van der Waals surface area contributed by atoms with Gasteiger partial charge in [0.1, 0.15) is 5.65 Å². The molecule has 1 atom stereocenters. The number of pyridine rings is 1. The maximum Gasteiger partial charge on any atom is 0.231 e. The summed E-state index contributed by atoms with van der Waals surface area (Å²) in [4.78, 5) is 28.5. The Kier molecular flexibility index (Phi) is 14.1. The van der Waals surface area contributed by atoms with Crippen molar-refractivity contribution < 1.29 is 4.79 Å². The molecule has 1 fully saturated rings. The van der Waals surface area contributed by atoms with E-state index in [0.717, 1.165) is 47.4 Å². The summed E-state index contributed by atoms with van der Waals surface area (Å²) in [5.41, 5.74) is 6.59. The largest absolute Gasteiger partial charge is 0.367 e. The summed E-state index contributed by atoms with van der Waals surface area (Å²) in [6, 6.07) is 18.8. The second-order valence-electron chi connectivity index (χ2n) is 11.2. The Bertz CT molecular complexity index is 1450. The minimum absolute atomic E-state index is 0. The third-order valence-corrected chi connectivity index (χ3v) is 7.76. The van der Waals surface area contributed by atoms with Crippen molar-refractivity contribution in [2.24, 2.45) is 0 Å². The Hall–Kier alpha value is -2.52. The summed E-state index contributed by atoms with van der Waals surface area (Å²) in [7, 11) is 4.17. The summed E-state index contributed by atoms with van der Waals surface area (Å²) in [6.45, 7) is 8.53. The van der Waals surface area contributed by atoms with E-state index >= 15 is 0 Å². The van der Waals surface area contributed by atoms with E-state index in [0.29, 0.717) is 30.7 Å². The van der Waals surface area contributed by atoms with Crippen molar-refractivity contribution >= 4 is 71.5 Å². The van der Waals surface area contributed by atoms with Gasteiger partial charge in [-0.1, -0.05) is 55.8 Å². The topological polar surface area (TPSA) is 67.5 Å². The number of aromatic amines is 1. The lowest BCUT2D eigenvalue weighted by Gasteiger charge is -2.38. The van der Waals surface area contributed by atoms with Gasteiger partial charge in [0, 0.05) is 73.7 Å². The van der Waals surface area contributed by atoms with Crippen molar-refractivity contribution in [3.05, 3.63) is 83.1 Å². The first kappa shape index (κ1) is 36.7. The third-order valence-electron chi connectivity index (χ3n) is 7.50. The van der Waals surface area contributed by atoms with Crippen LogP contribution >= 0.6 is 48.8 Å². The summed E-state index contributed by atoms with van der Waals surface area (Å²) < 4.78 is 0. The predicted molar refractivity (Wildman–Crippen MR) is 187 cm³/mol. The predicted octanol–water partition coefficient (Wildman–Crippen LogP) is 6.64. The van der Waals surface area contributed by atoms with Gasteiger partial charge in [0.05, 0.1) is 11.6 Å². The van der Waals surface area contributed by atoms with Gasteiger partial charge in [-0.2, -0.15) is 0 Å². The van der Waals surface area contributed by atoms with Crippen LogP contribution in [0.15, 0.2) is 67.0 Å². The fraction of sp³-hybridized carbons (Fsp3) is 0.375. The molecule has 0 radical (unpaired) electrons. The average molecular weight is 669 g/mol. The van der Waals surface area contributed by atoms with E-state index in [-0.39, 0.29) is 49.0 Å². The van der Waals surface area contributed by atoms with E-state index in [2.05, 4.69) is 78.4 Å². The minimum atomic E-state index is -0.251. The molecule has 0 spiro atoms. The average Bonchev–Trinajstić information content (AvgIpc) is 3.42. The van der Waals surface area contributed by atoms with Gasteiger partial charge in [0.2, 0.25) is 5.91 Å². The highest BCUT2D eigenvalue weighted by Gasteiger charge is 2.30. The normalized spacial score (nSPS) is 13.8. The highest BCUT2D eigenvalue weighted by atomic mass is 35.5. The fourth-order valence-electron chi connectivity index (χ4n) is 5.52. The van der Waals surface area contributed by atoms with Crippen molar-refractivity contribution in [2.75, 3.05) is 51.7 Å². The van der Waals surface area contributed by atoms with E-state index in [1.807, 2.05) is 41.6 Å². The van der Waals surface area contributed by atoms with Gasteiger partial charge in [0.15, 0.2) is 0 Å². The number of benzene rings is 2. The third kappa shape index (κ3) is 8.78. The Balaban J connectivity index is 0.00000215. The summed E-state index contributed by atoms with van der Waals surface area (Å²) in [5.74, 6) is -0.0910. The molecule has 1 aliphatic heterocycles. The number of nitrogens with one attached hydrogen (secondary N) is 2. The Morgan fingerprint density at radius 3 is 2.37 bits per heavy atom. The summed E-state index contributed by atoms with van der Waals surface area (Å²) >= 11 is 6.14. The zero-order chi connectivity index (χ0) is 28.2. The van der Waals surface area contributed by atoms with E-state index in [9.17, 15) is 4.79 Å². The molecule has 0 saturated carbocycles. The van der Waals surface area contributed by atoms with E-state index < -0.39 is 0 Å². The number of hydrogen-bond donors (Lipinski definition) is 2. The van der Waals surface area contributed by atoms with Gasteiger partial charge < -0.3 is 25.0 Å². The molecular weight excluding hydrogens is 626 g/mol. The highest BCUT2D eigenvalue weighted by molar-refractivity contribution is 6.30. The van der Waals surface area contributed by atoms with Crippen molar-refractivity contribution in [3.8, 4) is 11.1 Å². The lowest BCUT2D eigenvalue weighted by atomic mass is 9.96. The van der Waals surface area contributed by atoms with Crippen LogP contribution in [0.2, 0.25) is 5.02 Å². The fourth-order valence-corrected chi connectivity index (χ4v) is 5.64. The maximum atomic E-state index is 13.8.